The van der Waals surface area contributed by atoms with Crippen molar-refractivity contribution in [3.8, 4) is 0 Å². The van der Waals surface area contributed by atoms with Crippen LogP contribution in [-0.4, -0.2) is 51.4 Å². The van der Waals surface area contributed by atoms with Gasteiger partial charge in [-0.3, -0.25) is 4.79 Å². The van der Waals surface area contributed by atoms with E-state index >= 15 is 0 Å². The van der Waals surface area contributed by atoms with Crippen LogP contribution in [-0.2, 0) is 18.4 Å². The Morgan fingerprint density at radius 1 is 1.07 bits per heavy atom. The Kier molecular flexibility index (Phi) is 5.30. The van der Waals surface area contributed by atoms with Crippen LogP contribution in [0.15, 0.2) is 54.6 Å². The molecule has 30 heavy (non-hydrogen) atoms. The zero-order valence-corrected chi connectivity index (χ0v) is 17.7. The van der Waals surface area contributed by atoms with E-state index in [2.05, 4.69) is 51.7 Å². The number of imidazole rings is 1. The number of carbonyl (C=O) groups is 1. The maximum absolute atomic E-state index is 13.5. The van der Waals surface area contributed by atoms with Crippen molar-refractivity contribution >= 4 is 16.9 Å². The molecule has 1 aliphatic heterocycles. The van der Waals surface area contributed by atoms with E-state index in [1.54, 1.807) is 0 Å². The molecule has 1 amide bonds. The molecule has 5 heteroatoms. The van der Waals surface area contributed by atoms with Crippen LogP contribution in [0.3, 0.4) is 0 Å². The fourth-order valence-electron chi connectivity index (χ4n) is 4.81. The van der Waals surface area contributed by atoms with E-state index < -0.39 is 0 Å². The molecular weight excluding hydrogens is 372 g/mol. The lowest BCUT2D eigenvalue weighted by molar-refractivity contribution is -0.133. The van der Waals surface area contributed by atoms with Crippen molar-refractivity contribution in [1.82, 2.24) is 19.4 Å². The van der Waals surface area contributed by atoms with Gasteiger partial charge < -0.3 is 14.4 Å². The van der Waals surface area contributed by atoms with Gasteiger partial charge in [0.25, 0.3) is 0 Å². The highest BCUT2D eigenvalue weighted by Crippen LogP contribution is 2.48. The van der Waals surface area contributed by atoms with Gasteiger partial charge in [0.15, 0.2) is 0 Å². The number of likely N-dealkylation sites (tertiary alicyclic amines) is 1. The number of benzene rings is 2. The van der Waals surface area contributed by atoms with E-state index in [0.717, 1.165) is 49.5 Å². The predicted molar refractivity (Wildman–Crippen MR) is 119 cm³/mol. The number of hydrogen-bond acceptors (Lipinski definition) is 3. The lowest BCUT2D eigenvalue weighted by Crippen LogP contribution is -2.39. The van der Waals surface area contributed by atoms with Gasteiger partial charge in [-0.05, 0) is 56.0 Å². The number of carbonyl (C=O) groups excluding carboxylic acids is 1. The third kappa shape index (κ3) is 3.86. The molecule has 2 aromatic carbocycles. The number of hydrogen-bond donors (Lipinski definition) is 0. The summed E-state index contributed by atoms with van der Waals surface area (Å²) >= 11 is 0. The second-order valence-corrected chi connectivity index (χ2v) is 8.74. The molecule has 1 saturated heterocycles. The number of aryl methyl sites for hydroxylation is 1. The monoisotopic (exact) mass is 402 g/mol. The van der Waals surface area contributed by atoms with Crippen LogP contribution < -0.4 is 0 Å². The number of fused-ring (bicyclic) bond motifs is 1. The van der Waals surface area contributed by atoms with Crippen molar-refractivity contribution in [2.45, 2.75) is 31.7 Å². The molecule has 1 aliphatic carbocycles. The third-order valence-electron chi connectivity index (χ3n) is 6.74. The van der Waals surface area contributed by atoms with Gasteiger partial charge in [-0.15, -0.1) is 0 Å². The van der Waals surface area contributed by atoms with Gasteiger partial charge in [0.05, 0.1) is 17.6 Å². The summed E-state index contributed by atoms with van der Waals surface area (Å²) < 4.78 is 2.13. The summed E-state index contributed by atoms with van der Waals surface area (Å²) in [5, 5.41) is 0. The smallest absolute Gasteiger partial charge is 0.226 e. The molecule has 5 nitrogen and oxygen atoms in total. The van der Waals surface area contributed by atoms with Gasteiger partial charge in [0, 0.05) is 26.1 Å². The summed E-state index contributed by atoms with van der Waals surface area (Å²) in [6, 6.07) is 18.7. The topological polar surface area (TPSA) is 41.4 Å². The lowest BCUT2D eigenvalue weighted by Gasteiger charge is -2.25. The van der Waals surface area contributed by atoms with Crippen LogP contribution in [0.2, 0.25) is 0 Å². The summed E-state index contributed by atoms with van der Waals surface area (Å²) in [5.74, 6) is 1.73. The summed E-state index contributed by atoms with van der Waals surface area (Å²) in [7, 11) is 2.05. The van der Waals surface area contributed by atoms with E-state index in [1.165, 1.54) is 18.4 Å². The average Bonchev–Trinajstić information content (AvgIpc) is 3.29. The first kappa shape index (κ1) is 19.3. The SMILES string of the molecule is Cn1c(CN(CCN2CCCC2)C(=O)[C@H]2C[C@H]2c2ccccc2)nc2ccccc21. The molecule has 0 N–H and O–H groups in total. The maximum Gasteiger partial charge on any atom is 0.226 e. The van der Waals surface area contributed by atoms with Crippen LogP contribution >= 0.6 is 0 Å². The first-order chi connectivity index (χ1) is 14.7. The quantitative estimate of drug-likeness (QED) is 0.604. The number of nitrogens with zero attached hydrogens (tertiary/aromatic N) is 4. The Bertz CT molecular complexity index is 1020. The molecule has 156 valence electrons. The van der Waals surface area contributed by atoms with Gasteiger partial charge in [-0.2, -0.15) is 0 Å². The largest absolute Gasteiger partial charge is 0.334 e. The molecule has 2 atom stereocenters. The highest BCUT2D eigenvalue weighted by atomic mass is 16.2. The van der Waals surface area contributed by atoms with E-state index in [9.17, 15) is 4.79 Å². The Balaban J connectivity index is 1.34. The van der Waals surface area contributed by atoms with E-state index in [1.807, 2.05) is 24.3 Å². The van der Waals surface area contributed by atoms with Crippen LogP contribution in [0.5, 0.6) is 0 Å². The van der Waals surface area contributed by atoms with E-state index in [0.29, 0.717) is 12.5 Å². The highest BCUT2D eigenvalue weighted by Gasteiger charge is 2.45. The maximum atomic E-state index is 13.5. The van der Waals surface area contributed by atoms with Crippen molar-refractivity contribution in [2.24, 2.45) is 13.0 Å². The van der Waals surface area contributed by atoms with E-state index in [-0.39, 0.29) is 11.8 Å². The number of aromatic nitrogens is 2. The molecule has 2 heterocycles. The minimum Gasteiger partial charge on any atom is -0.334 e. The van der Waals surface area contributed by atoms with E-state index in [4.69, 9.17) is 4.98 Å². The van der Waals surface area contributed by atoms with Gasteiger partial charge >= 0.3 is 0 Å². The minimum absolute atomic E-state index is 0.112. The van der Waals surface area contributed by atoms with Crippen LogP contribution in [0, 0.1) is 5.92 Å². The predicted octanol–water partition coefficient (Wildman–Crippen LogP) is 3.80. The molecule has 0 unspecified atom stereocenters. The van der Waals surface area contributed by atoms with Gasteiger partial charge in [-0.1, -0.05) is 42.5 Å². The second kappa shape index (κ2) is 8.23. The second-order valence-electron chi connectivity index (χ2n) is 8.74. The standard InChI is InChI=1S/C25H30N4O/c1-27-23-12-6-5-11-22(23)26-24(27)18-29(16-15-28-13-7-8-14-28)25(30)21-17-20(21)19-9-3-2-4-10-19/h2-6,9-12,20-21H,7-8,13-18H2,1H3/t20-,21-/m0/s1. The van der Waals surface area contributed by atoms with Gasteiger partial charge in [-0.25, -0.2) is 4.98 Å². The number of rotatable bonds is 7. The van der Waals surface area contributed by atoms with Crippen LogP contribution in [0.4, 0.5) is 0 Å². The molecular formula is C25H30N4O. The van der Waals surface area contributed by atoms with Crippen molar-refractivity contribution in [3.05, 3.63) is 66.0 Å². The molecule has 1 saturated carbocycles. The zero-order valence-electron chi connectivity index (χ0n) is 17.7. The van der Waals surface area contributed by atoms with Gasteiger partial charge in [0.1, 0.15) is 5.82 Å². The van der Waals surface area contributed by atoms with Crippen molar-refractivity contribution < 1.29 is 4.79 Å². The molecule has 2 fully saturated rings. The van der Waals surface area contributed by atoms with Crippen molar-refractivity contribution in [2.75, 3.05) is 26.2 Å². The van der Waals surface area contributed by atoms with Gasteiger partial charge in [0.2, 0.25) is 5.91 Å². The average molecular weight is 403 g/mol. The zero-order chi connectivity index (χ0) is 20.5. The normalized spacial score (nSPS) is 21.2. The lowest BCUT2D eigenvalue weighted by atomic mass is 10.1. The number of amides is 1. The summed E-state index contributed by atoms with van der Waals surface area (Å²) in [6.45, 7) is 4.63. The Morgan fingerprint density at radius 3 is 2.57 bits per heavy atom. The fourth-order valence-corrected chi connectivity index (χ4v) is 4.81. The summed E-state index contributed by atoms with van der Waals surface area (Å²) in [5.41, 5.74) is 3.40. The summed E-state index contributed by atoms with van der Waals surface area (Å²) in [4.78, 5) is 22.9. The highest BCUT2D eigenvalue weighted by molar-refractivity contribution is 5.83. The summed E-state index contributed by atoms with van der Waals surface area (Å²) in [6.07, 6.45) is 3.51. The Morgan fingerprint density at radius 2 is 1.80 bits per heavy atom. The Hall–Kier alpha value is -2.66. The molecule has 1 aromatic heterocycles. The first-order valence-corrected chi connectivity index (χ1v) is 11.2. The molecule has 2 aliphatic rings. The molecule has 3 aromatic rings. The Labute approximate surface area is 178 Å². The minimum atomic E-state index is 0.112. The molecule has 0 spiro atoms. The molecule has 0 bridgehead atoms. The third-order valence-corrected chi connectivity index (χ3v) is 6.74. The fraction of sp³-hybridized carbons (Fsp3) is 0.440. The van der Waals surface area contributed by atoms with Crippen molar-refractivity contribution in [1.29, 1.82) is 0 Å². The molecule has 5 rings (SSSR count). The first-order valence-electron chi connectivity index (χ1n) is 11.2. The number of para-hydroxylation sites is 2. The van der Waals surface area contributed by atoms with Crippen LogP contribution in [0.25, 0.3) is 11.0 Å². The van der Waals surface area contributed by atoms with Crippen molar-refractivity contribution in [3.63, 3.8) is 0 Å². The van der Waals surface area contributed by atoms with Crippen LogP contribution in [0.1, 0.15) is 36.6 Å². The molecule has 0 radical (unpaired) electrons.